The topological polar surface area (TPSA) is 65.7 Å². The molecule has 2 aromatic rings. The largest absolute Gasteiger partial charge is 0.451 e. The van der Waals surface area contributed by atoms with E-state index in [-0.39, 0.29) is 12.5 Å². The average molecular weight is 302 g/mol. The molecule has 1 fully saturated rings. The van der Waals surface area contributed by atoms with Gasteiger partial charge >= 0.3 is 0 Å². The number of furan rings is 1. The highest BCUT2D eigenvalue weighted by atomic mass is 16.3. The Morgan fingerprint density at radius 3 is 2.82 bits per heavy atom. The summed E-state index contributed by atoms with van der Waals surface area (Å²) in [5.41, 5.74) is 1.82. The number of fused-ring (bicyclic) bond motifs is 1. The number of hydrogen-bond acceptors (Lipinski definition) is 4. The third-order valence-corrected chi connectivity index (χ3v) is 4.06. The molecule has 0 aliphatic carbocycles. The van der Waals surface area contributed by atoms with Gasteiger partial charge in [-0.2, -0.15) is 0 Å². The van der Waals surface area contributed by atoms with Gasteiger partial charge in [0.25, 0.3) is 5.91 Å². The molecule has 3 rings (SSSR count). The smallest absolute Gasteiger partial charge is 0.289 e. The van der Waals surface area contributed by atoms with Gasteiger partial charge in [0.15, 0.2) is 5.76 Å². The lowest BCUT2D eigenvalue weighted by Gasteiger charge is -2.25. The SMILES string of the molecule is O=C(c1cc2ccc(CNCCO)cc2o1)N1CCCCC1. The van der Waals surface area contributed by atoms with Gasteiger partial charge in [0.1, 0.15) is 5.58 Å². The molecule has 5 nitrogen and oxygen atoms in total. The first-order valence-corrected chi connectivity index (χ1v) is 7.91. The Balaban J connectivity index is 1.75. The number of hydrogen-bond donors (Lipinski definition) is 2. The van der Waals surface area contributed by atoms with Crippen molar-refractivity contribution in [3.05, 3.63) is 35.6 Å². The first-order valence-electron chi connectivity index (χ1n) is 7.91. The van der Waals surface area contributed by atoms with Gasteiger partial charge in [-0.05, 0) is 37.0 Å². The molecule has 1 aromatic carbocycles. The normalized spacial score (nSPS) is 15.4. The molecule has 1 aromatic heterocycles. The van der Waals surface area contributed by atoms with Crippen molar-refractivity contribution in [1.29, 1.82) is 0 Å². The van der Waals surface area contributed by atoms with Crippen LogP contribution in [0.2, 0.25) is 0 Å². The lowest BCUT2D eigenvalue weighted by molar-refractivity contribution is 0.0694. The molecule has 0 spiro atoms. The van der Waals surface area contributed by atoms with Crippen LogP contribution in [0, 0.1) is 0 Å². The molecule has 0 radical (unpaired) electrons. The van der Waals surface area contributed by atoms with Gasteiger partial charge in [0, 0.05) is 31.6 Å². The summed E-state index contributed by atoms with van der Waals surface area (Å²) in [5, 5.41) is 12.9. The molecule has 1 amide bonds. The van der Waals surface area contributed by atoms with Crippen molar-refractivity contribution < 1.29 is 14.3 Å². The first kappa shape index (κ1) is 15.1. The van der Waals surface area contributed by atoms with Crippen LogP contribution in [0.3, 0.4) is 0 Å². The van der Waals surface area contributed by atoms with Crippen LogP contribution in [0.1, 0.15) is 35.4 Å². The molecular weight excluding hydrogens is 280 g/mol. The summed E-state index contributed by atoms with van der Waals surface area (Å²) in [5.74, 6) is 0.424. The van der Waals surface area contributed by atoms with Crippen molar-refractivity contribution >= 4 is 16.9 Å². The maximum atomic E-state index is 12.5. The van der Waals surface area contributed by atoms with Crippen molar-refractivity contribution in [2.75, 3.05) is 26.2 Å². The van der Waals surface area contributed by atoms with Gasteiger partial charge in [-0.1, -0.05) is 12.1 Å². The molecular formula is C17H22N2O3. The number of benzene rings is 1. The van der Waals surface area contributed by atoms with Gasteiger partial charge < -0.3 is 19.7 Å². The van der Waals surface area contributed by atoms with Crippen LogP contribution in [0.5, 0.6) is 0 Å². The maximum Gasteiger partial charge on any atom is 0.289 e. The summed E-state index contributed by atoms with van der Waals surface area (Å²) in [7, 11) is 0. The zero-order valence-electron chi connectivity index (χ0n) is 12.7. The molecule has 0 atom stereocenters. The van der Waals surface area contributed by atoms with E-state index < -0.39 is 0 Å². The summed E-state index contributed by atoms with van der Waals surface area (Å²) in [6, 6.07) is 7.77. The maximum absolute atomic E-state index is 12.5. The van der Waals surface area contributed by atoms with E-state index in [2.05, 4.69) is 5.32 Å². The van der Waals surface area contributed by atoms with Crippen LogP contribution in [0.15, 0.2) is 28.7 Å². The van der Waals surface area contributed by atoms with Gasteiger partial charge in [0.05, 0.1) is 6.61 Å². The molecule has 1 aliphatic rings. The highest BCUT2D eigenvalue weighted by molar-refractivity contribution is 5.96. The van der Waals surface area contributed by atoms with E-state index in [9.17, 15) is 4.79 Å². The molecule has 0 unspecified atom stereocenters. The molecule has 1 saturated heterocycles. The van der Waals surface area contributed by atoms with Gasteiger partial charge in [-0.3, -0.25) is 4.79 Å². The summed E-state index contributed by atoms with van der Waals surface area (Å²) in [6.45, 7) is 3.01. The van der Waals surface area contributed by atoms with Crippen LogP contribution in [-0.2, 0) is 6.54 Å². The van der Waals surface area contributed by atoms with E-state index in [1.165, 1.54) is 6.42 Å². The minimum atomic E-state index is -0.00384. The third-order valence-electron chi connectivity index (χ3n) is 4.06. The number of carbonyl (C=O) groups is 1. The standard InChI is InChI=1S/C17H22N2O3/c20-9-6-18-12-13-4-5-14-11-16(22-15(14)10-13)17(21)19-7-2-1-3-8-19/h4-5,10-11,18,20H,1-3,6-9,12H2. The Bertz CT molecular complexity index is 644. The summed E-state index contributed by atoms with van der Waals surface area (Å²) in [6.07, 6.45) is 3.35. The van der Waals surface area contributed by atoms with Gasteiger partial charge in [-0.15, -0.1) is 0 Å². The second kappa shape index (κ2) is 6.94. The Kier molecular flexibility index (Phi) is 4.75. The van der Waals surface area contributed by atoms with Gasteiger partial charge in [-0.25, -0.2) is 0 Å². The lowest BCUT2D eigenvalue weighted by Crippen LogP contribution is -2.35. The van der Waals surface area contributed by atoms with E-state index in [1.54, 1.807) is 0 Å². The Morgan fingerprint density at radius 1 is 1.23 bits per heavy atom. The Labute approximate surface area is 129 Å². The molecule has 5 heteroatoms. The quantitative estimate of drug-likeness (QED) is 0.831. The number of nitrogens with one attached hydrogen (secondary N) is 1. The van der Waals surface area contributed by atoms with E-state index in [0.29, 0.717) is 18.8 Å². The van der Waals surface area contributed by atoms with Crippen LogP contribution in [-0.4, -0.2) is 42.2 Å². The molecule has 0 saturated carbocycles. The molecule has 2 heterocycles. The molecule has 2 N–H and O–H groups in total. The van der Waals surface area contributed by atoms with Crippen molar-refractivity contribution in [3.63, 3.8) is 0 Å². The lowest BCUT2D eigenvalue weighted by atomic mass is 10.1. The molecule has 0 bridgehead atoms. The second-order valence-electron chi connectivity index (χ2n) is 5.74. The van der Waals surface area contributed by atoms with Crippen LogP contribution < -0.4 is 5.32 Å². The van der Waals surface area contributed by atoms with Crippen molar-refractivity contribution in [2.45, 2.75) is 25.8 Å². The fourth-order valence-corrected chi connectivity index (χ4v) is 2.86. The minimum Gasteiger partial charge on any atom is -0.451 e. The fourth-order valence-electron chi connectivity index (χ4n) is 2.86. The van der Waals surface area contributed by atoms with Crippen molar-refractivity contribution in [2.24, 2.45) is 0 Å². The molecule has 118 valence electrons. The summed E-state index contributed by atoms with van der Waals surface area (Å²) >= 11 is 0. The van der Waals surface area contributed by atoms with Gasteiger partial charge in [0.2, 0.25) is 0 Å². The van der Waals surface area contributed by atoms with E-state index in [0.717, 1.165) is 42.5 Å². The number of carbonyl (C=O) groups excluding carboxylic acids is 1. The van der Waals surface area contributed by atoms with Crippen molar-refractivity contribution in [1.82, 2.24) is 10.2 Å². The van der Waals surface area contributed by atoms with E-state index in [4.69, 9.17) is 9.52 Å². The molecule has 22 heavy (non-hydrogen) atoms. The minimum absolute atomic E-state index is 0.00384. The second-order valence-corrected chi connectivity index (χ2v) is 5.74. The Hall–Kier alpha value is -1.85. The summed E-state index contributed by atoms with van der Waals surface area (Å²) < 4.78 is 5.76. The molecule has 1 aliphatic heterocycles. The predicted octanol–water partition coefficient (Wildman–Crippen LogP) is 2.14. The predicted molar refractivity (Wildman–Crippen MR) is 84.8 cm³/mol. The number of likely N-dealkylation sites (tertiary alicyclic amines) is 1. The van der Waals surface area contributed by atoms with Crippen LogP contribution >= 0.6 is 0 Å². The van der Waals surface area contributed by atoms with Crippen LogP contribution in [0.25, 0.3) is 11.0 Å². The number of rotatable bonds is 5. The van der Waals surface area contributed by atoms with Crippen molar-refractivity contribution in [3.8, 4) is 0 Å². The highest BCUT2D eigenvalue weighted by Gasteiger charge is 2.21. The number of aliphatic hydroxyl groups excluding tert-OH is 1. The third kappa shape index (κ3) is 3.31. The first-order chi connectivity index (χ1) is 10.8. The highest BCUT2D eigenvalue weighted by Crippen LogP contribution is 2.23. The van der Waals surface area contributed by atoms with E-state index in [1.807, 2.05) is 29.2 Å². The Morgan fingerprint density at radius 2 is 2.05 bits per heavy atom. The van der Waals surface area contributed by atoms with E-state index >= 15 is 0 Å². The monoisotopic (exact) mass is 302 g/mol. The number of nitrogens with zero attached hydrogens (tertiary/aromatic N) is 1. The summed E-state index contributed by atoms with van der Waals surface area (Å²) in [4.78, 5) is 14.3. The number of aliphatic hydroxyl groups is 1. The zero-order valence-corrected chi connectivity index (χ0v) is 12.7. The number of piperidine rings is 1. The average Bonchev–Trinajstić information content (AvgIpc) is 2.98. The zero-order chi connectivity index (χ0) is 15.4. The number of amides is 1. The fraction of sp³-hybridized carbons (Fsp3) is 0.471. The van der Waals surface area contributed by atoms with Crippen LogP contribution in [0.4, 0.5) is 0 Å².